The standard InChI is InChI=1S/C14H12N2.C4H6.C2H6/c1-16-14-8-6-13(7-9-14)12-4-2-11(10-15)3-5-12;1-3-4-2;1-2/h2-9,16H,1H3;3-4H,1-2H2;1-2H3. The van der Waals surface area contributed by atoms with Gasteiger partial charge in [-0.05, 0) is 35.4 Å². The van der Waals surface area contributed by atoms with E-state index in [1.807, 2.05) is 57.3 Å². The Morgan fingerprint density at radius 1 is 0.864 bits per heavy atom. The van der Waals surface area contributed by atoms with Crippen LogP contribution in [0, 0.1) is 11.3 Å². The van der Waals surface area contributed by atoms with Crippen molar-refractivity contribution in [3.05, 3.63) is 79.4 Å². The molecule has 2 nitrogen and oxygen atoms in total. The first-order valence-corrected chi connectivity index (χ1v) is 7.27. The lowest BCUT2D eigenvalue weighted by Gasteiger charge is -2.03. The van der Waals surface area contributed by atoms with Crippen molar-refractivity contribution in [2.45, 2.75) is 13.8 Å². The average Bonchev–Trinajstić information content (AvgIpc) is 2.64. The van der Waals surface area contributed by atoms with Crippen molar-refractivity contribution in [2.24, 2.45) is 0 Å². The number of rotatable bonds is 3. The molecule has 0 atom stereocenters. The maximum Gasteiger partial charge on any atom is 0.0991 e. The van der Waals surface area contributed by atoms with E-state index in [0.717, 1.165) is 16.8 Å². The summed E-state index contributed by atoms with van der Waals surface area (Å²) in [5.74, 6) is 0. The van der Waals surface area contributed by atoms with E-state index in [9.17, 15) is 0 Å². The average molecular weight is 292 g/mol. The van der Waals surface area contributed by atoms with E-state index in [1.165, 1.54) is 0 Å². The third-order valence-electron chi connectivity index (χ3n) is 2.69. The molecular weight excluding hydrogens is 268 g/mol. The zero-order valence-electron chi connectivity index (χ0n) is 13.6. The first-order valence-electron chi connectivity index (χ1n) is 7.27. The Hall–Kier alpha value is -2.79. The van der Waals surface area contributed by atoms with Crippen LogP contribution in [0.1, 0.15) is 19.4 Å². The van der Waals surface area contributed by atoms with E-state index >= 15 is 0 Å². The van der Waals surface area contributed by atoms with E-state index in [2.05, 4.69) is 36.7 Å². The highest BCUT2D eigenvalue weighted by Gasteiger charge is 1.97. The highest BCUT2D eigenvalue weighted by atomic mass is 14.8. The van der Waals surface area contributed by atoms with Crippen LogP contribution >= 0.6 is 0 Å². The topological polar surface area (TPSA) is 35.8 Å². The van der Waals surface area contributed by atoms with E-state index in [1.54, 1.807) is 12.2 Å². The van der Waals surface area contributed by atoms with E-state index in [-0.39, 0.29) is 0 Å². The lowest BCUT2D eigenvalue weighted by atomic mass is 10.0. The molecule has 2 rings (SSSR count). The number of nitrogens with zero attached hydrogens (tertiary/aromatic N) is 1. The second-order valence-corrected chi connectivity index (χ2v) is 3.99. The summed E-state index contributed by atoms with van der Waals surface area (Å²) in [6.07, 6.45) is 3.28. The predicted molar refractivity (Wildman–Crippen MR) is 97.9 cm³/mol. The smallest absolute Gasteiger partial charge is 0.0991 e. The molecule has 0 aromatic heterocycles. The van der Waals surface area contributed by atoms with Gasteiger partial charge in [0.25, 0.3) is 0 Å². The van der Waals surface area contributed by atoms with Gasteiger partial charge < -0.3 is 5.32 Å². The van der Waals surface area contributed by atoms with Gasteiger partial charge in [-0.25, -0.2) is 0 Å². The largest absolute Gasteiger partial charge is 0.388 e. The summed E-state index contributed by atoms with van der Waals surface area (Å²) in [7, 11) is 1.90. The fourth-order valence-corrected chi connectivity index (χ4v) is 1.57. The number of nitriles is 1. The normalized spacial score (nSPS) is 8.09. The highest BCUT2D eigenvalue weighted by Crippen LogP contribution is 2.21. The molecule has 0 saturated carbocycles. The van der Waals surface area contributed by atoms with E-state index in [4.69, 9.17) is 5.26 Å². The van der Waals surface area contributed by atoms with Crippen LogP contribution in [0.25, 0.3) is 11.1 Å². The Kier molecular flexibility index (Phi) is 10.5. The Balaban J connectivity index is 0.000000640. The van der Waals surface area contributed by atoms with Crippen LogP contribution in [0.15, 0.2) is 73.8 Å². The third-order valence-corrected chi connectivity index (χ3v) is 2.69. The second kappa shape index (κ2) is 12.0. The fraction of sp³-hybridized carbons (Fsp3) is 0.150. The van der Waals surface area contributed by atoms with Gasteiger partial charge in [0.2, 0.25) is 0 Å². The van der Waals surface area contributed by atoms with Crippen molar-refractivity contribution in [2.75, 3.05) is 12.4 Å². The van der Waals surface area contributed by atoms with Crippen LogP contribution in [-0.2, 0) is 0 Å². The summed E-state index contributed by atoms with van der Waals surface area (Å²) < 4.78 is 0. The molecule has 114 valence electrons. The first kappa shape index (κ1) is 19.2. The minimum atomic E-state index is 0.690. The van der Waals surface area contributed by atoms with Crippen LogP contribution in [0.4, 0.5) is 5.69 Å². The molecular formula is C20H24N2. The van der Waals surface area contributed by atoms with Gasteiger partial charge in [0.15, 0.2) is 0 Å². The van der Waals surface area contributed by atoms with Gasteiger partial charge in [-0.2, -0.15) is 5.26 Å². The lowest BCUT2D eigenvalue weighted by molar-refractivity contribution is 1.48. The Morgan fingerprint density at radius 2 is 1.27 bits per heavy atom. The Morgan fingerprint density at radius 3 is 1.59 bits per heavy atom. The SMILES string of the molecule is C=CC=C.CC.CNc1ccc(-c2ccc(C#N)cc2)cc1. The molecule has 2 aromatic carbocycles. The molecule has 0 aliphatic heterocycles. The van der Waals surface area contributed by atoms with Gasteiger partial charge >= 0.3 is 0 Å². The van der Waals surface area contributed by atoms with Crippen molar-refractivity contribution in [3.8, 4) is 17.2 Å². The molecule has 0 saturated heterocycles. The van der Waals surface area contributed by atoms with Crippen molar-refractivity contribution in [1.82, 2.24) is 0 Å². The number of benzene rings is 2. The van der Waals surface area contributed by atoms with Crippen molar-refractivity contribution < 1.29 is 0 Å². The Labute approximate surface area is 134 Å². The summed E-state index contributed by atoms with van der Waals surface area (Å²) in [4.78, 5) is 0. The second-order valence-electron chi connectivity index (χ2n) is 3.99. The highest BCUT2D eigenvalue weighted by molar-refractivity contribution is 5.66. The Bertz CT molecular complexity index is 581. The van der Waals surface area contributed by atoms with E-state index in [0.29, 0.717) is 5.56 Å². The molecule has 0 bridgehead atoms. The fourth-order valence-electron chi connectivity index (χ4n) is 1.57. The third kappa shape index (κ3) is 6.58. The molecule has 0 amide bonds. The molecule has 1 N–H and O–H groups in total. The summed E-state index contributed by atoms with van der Waals surface area (Å²) in [5.41, 5.74) is 4.07. The lowest BCUT2D eigenvalue weighted by Crippen LogP contribution is -1.86. The molecule has 2 aromatic rings. The summed E-state index contributed by atoms with van der Waals surface area (Å²) in [6, 6.07) is 17.9. The van der Waals surface area contributed by atoms with Crippen molar-refractivity contribution >= 4 is 5.69 Å². The monoisotopic (exact) mass is 292 g/mol. The molecule has 0 aliphatic carbocycles. The predicted octanol–water partition coefficient (Wildman–Crippen LogP) is 5.65. The maximum absolute atomic E-state index is 8.71. The van der Waals surface area contributed by atoms with Crippen LogP contribution in [0.5, 0.6) is 0 Å². The first-order chi connectivity index (χ1) is 10.7. The van der Waals surface area contributed by atoms with Crippen LogP contribution in [0.2, 0.25) is 0 Å². The molecule has 0 radical (unpaired) electrons. The molecule has 0 spiro atoms. The van der Waals surface area contributed by atoms with Gasteiger partial charge in [-0.15, -0.1) is 0 Å². The van der Waals surface area contributed by atoms with E-state index < -0.39 is 0 Å². The number of nitrogens with one attached hydrogen (secondary N) is 1. The number of allylic oxidation sites excluding steroid dienone is 2. The van der Waals surface area contributed by atoms with Gasteiger partial charge in [0, 0.05) is 12.7 Å². The molecule has 0 aliphatic rings. The van der Waals surface area contributed by atoms with Gasteiger partial charge in [-0.3, -0.25) is 0 Å². The number of hydrogen-bond acceptors (Lipinski definition) is 2. The van der Waals surface area contributed by atoms with Gasteiger partial charge in [0.1, 0.15) is 0 Å². The summed E-state index contributed by atoms with van der Waals surface area (Å²) in [5, 5.41) is 11.8. The number of hydrogen-bond donors (Lipinski definition) is 1. The summed E-state index contributed by atoms with van der Waals surface area (Å²) in [6.45, 7) is 10.7. The quantitative estimate of drug-likeness (QED) is 0.742. The zero-order chi connectivity index (χ0) is 16.8. The molecule has 2 heteroatoms. The number of anilines is 1. The molecule has 0 heterocycles. The van der Waals surface area contributed by atoms with Gasteiger partial charge in [-0.1, -0.05) is 63.4 Å². The van der Waals surface area contributed by atoms with Gasteiger partial charge in [0.05, 0.1) is 11.6 Å². The molecule has 22 heavy (non-hydrogen) atoms. The van der Waals surface area contributed by atoms with Crippen LogP contribution in [-0.4, -0.2) is 7.05 Å². The molecule has 0 fully saturated rings. The van der Waals surface area contributed by atoms with Crippen molar-refractivity contribution in [1.29, 1.82) is 5.26 Å². The summed E-state index contributed by atoms with van der Waals surface area (Å²) >= 11 is 0. The zero-order valence-corrected chi connectivity index (χ0v) is 13.6. The van der Waals surface area contributed by atoms with Crippen molar-refractivity contribution in [3.63, 3.8) is 0 Å². The minimum absolute atomic E-state index is 0.690. The maximum atomic E-state index is 8.71. The minimum Gasteiger partial charge on any atom is -0.388 e. The molecule has 0 unspecified atom stereocenters. The van der Waals surface area contributed by atoms with Crippen LogP contribution in [0.3, 0.4) is 0 Å². The van der Waals surface area contributed by atoms with Crippen LogP contribution < -0.4 is 5.32 Å².